The number of halogens is 3. The minimum absolute atomic E-state index is 0.105. The largest absolute Gasteiger partial charge is 0.416 e. The number of H-pyrrole nitrogens is 1. The van der Waals surface area contributed by atoms with Gasteiger partial charge in [-0.05, 0) is 37.1 Å². The summed E-state index contributed by atoms with van der Waals surface area (Å²) in [7, 11) is 3.21. The van der Waals surface area contributed by atoms with Crippen molar-refractivity contribution in [3.63, 3.8) is 0 Å². The normalized spacial score (nSPS) is 12.8. The molecule has 1 heterocycles. The number of amides is 2. The van der Waals surface area contributed by atoms with Gasteiger partial charge in [0.15, 0.2) is 0 Å². The van der Waals surface area contributed by atoms with Gasteiger partial charge in [-0.2, -0.15) is 13.2 Å². The van der Waals surface area contributed by atoms with E-state index in [0.717, 1.165) is 12.1 Å². The Labute approximate surface area is 159 Å². The Morgan fingerprint density at radius 1 is 1.30 bits per heavy atom. The zero-order valence-electron chi connectivity index (χ0n) is 15.1. The first-order chi connectivity index (χ1) is 12.4. The van der Waals surface area contributed by atoms with Crippen LogP contribution in [-0.2, 0) is 22.2 Å². The Hall–Kier alpha value is -2.42. The van der Waals surface area contributed by atoms with Gasteiger partial charge in [-0.25, -0.2) is 0 Å². The van der Waals surface area contributed by atoms with Crippen molar-refractivity contribution in [3.8, 4) is 0 Å². The number of aromatic nitrogens is 1. The van der Waals surface area contributed by atoms with E-state index in [-0.39, 0.29) is 28.6 Å². The summed E-state index contributed by atoms with van der Waals surface area (Å²) in [6.07, 6.45) is -4.21. The molecular formula is C18H20F3N3O2S. The predicted molar refractivity (Wildman–Crippen MR) is 98.8 cm³/mol. The number of rotatable bonds is 5. The molecule has 0 aliphatic rings. The molecule has 2 amide bonds. The van der Waals surface area contributed by atoms with Crippen LogP contribution < -0.4 is 5.73 Å². The Balaban J connectivity index is 2.68. The van der Waals surface area contributed by atoms with E-state index in [1.807, 2.05) is 0 Å². The van der Waals surface area contributed by atoms with Gasteiger partial charge < -0.3 is 15.6 Å². The number of alkyl halides is 3. The fourth-order valence-electron chi connectivity index (χ4n) is 2.74. The minimum atomic E-state index is -4.50. The average molecular weight is 399 g/mol. The fraction of sp³-hybridized carbons (Fsp3) is 0.389. The molecule has 0 spiro atoms. The molecule has 0 fully saturated rings. The lowest BCUT2D eigenvalue weighted by atomic mass is 9.95. The number of carbonyl (C=O) groups excluding carboxylic acids is 2. The van der Waals surface area contributed by atoms with Crippen molar-refractivity contribution >= 4 is 34.9 Å². The van der Waals surface area contributed by atoms with Gasteiger partial charge in [0.05, 0.1) is 16.0 Å². The van der Waals surface area contributed by atoms with Gasteiger partial charge in [0, 0.05) is 37.1 Å². The number of nitrogens with two attached hydrogens (primary N) is 1. The molecule has 1 unspecified atom stereocenters. The van der Waals surface area contributed by atoms with Gasteiger partial charge in [-0.3, -0.25) is 9.59 Å². The fourth-order valence-corrected chi connectivity index (χ4v) is 3.12. The van der Waals surface area contributed by atoms with E-state index in [9.17, 15) is 22.8 Å². The lowest BCUT2D eigenvalue weighted by Gasteiger charge is -2.18. The molecule has 2 rings (SSSR count). The number of hydrogen-bond acceptors (Lipinski definition) is 3. The molecule has 0 aliphatic heterocycles. The number of carbonyl (C=O) groups is 2. The third kappa shape index (κ3) is 4.47. The maximum Gasteiger partial charge on any atom is 0.416 e. The average Bonchev–Trinajstić information content (AvgIpc) is 2.58. The summed E-state index contributed by atoms with van der Waals surface area (Å²) in [5, 5.41) is 0.215. The molecule has 1 aromatic carbocycles. The third-order valence-electron chi connectivity index (χ3n) is 4.41. The van der Waals surface area contributed by atoms with Crippen LogP contribution in [0, 0.1) is 4.51 Å². The molecule has 0 saturated heterocycles. The molecule has 0 radical (unpaired) electrons. The number of primary amides is 1. The molecule has 3 N–H and O–H groups in total. The summed E-state index contributed by atoms with van der Waals surface area (Å²) in [6.45, 7) is 1.58. The maximum atomic E-state index is 13.0. The second-order valence-corrected chi connectivity index (χ2v) is 6.92. The maximum absolute atomic E-state index is 13.0. The number of aromatic amines is 1. The van der Waals surface area contributed by atoms with Crippen LogP contribution in [-0.4, -0.2) is 35.8 Å². The highest BCUT2D eigenvalue weighted by Crippen LogP contribution is 2.33. The summed E-state index contributed by atoms with van der Waals surface area (Å²) >= 11 is 5.42. The molecule has 5 nitrogen and oxygen atoms in total. The highest BCUT2D eigenvalue weighted by molar-refractivity contribution is 7.71. The zero-order valence-corrected chi connectivity index (χ0v) is 15.9. The van der Waals surface area contributed by atoms with Gasteiger partial charge in [0.25, 0.3) is 0 Å². The molecular weight excluding hydrogens is 379 g/mol. The van der Waals surface area contributed by atoms with Crippen molar-refractivity contribution in [2.45, 2.75) is 31.9 Å². The van der Waals surface area contributed by atoms with Crippen LogP contribution in [0.1, 0.15) is 36.1 Å². The highest BCUT2D eigenvalue weighted by Gasteiger charge is 2.31. The Bertz CT molecular complexity index is 951. The number of hydrogen-bond donors (Lipinski definition) is 2. The van der Waals surface area contributed by atoms with Crippen LogP contribution in [0.4, 0.5) is 13.2 Å². The molecule has 9 heteroatoms. The topological polar surface area (TPSA) is 79.2 Å². The van der Waals surface area contributed by atoms with Gasteiger partial charge in [0.2, 0.25) is 11.8 Å². The Morgan fingerprint density at radius 3 is 2.44 bits per heavy atom. The first-order valence-electron chi connectivity index (χ1n) is 8.19. The first kappa shape index (κ1) is 20.9. The van der Waals surface area contributed by atoms with Crippen LogP contribution in [0.15, 0.2) is 18.2 Å². The zero-order chi connectivity index (χ0) is 20.5. The summed E-state index contributed by atoms with van der Waals surface area (Å²) in [5.41, 5.74) is 5.83. The molecule has 27 heavy (non-hydrogen) atoms. The number of fused-ring (bicyclic) bond motifs is 1. The number of benzene rings is 1. The Morgan fingerprint density at radius 2 is 1.93 bits per heavy atom. The van der Waals surface area contributed by atoms with Crippen molar-refractivity contribution in [2.75, 3.05) is 14.1 Å². The predicted octanol–water partition coefficient (Wildman–Crippen LogP) is 3.53. The molecule has 1 atom stereocenters. The molecule has 1 aromatic heterocycles. The SMILES string of the molecule is CC(C(N)=O)c1[nH]c2ccc(C(F)(F)F)cc2c(=S)c1CCC(=O)N(C)C. The van der Waals surface area contributed by atoms with E-state index < -0.39 is 23.6 Å². The van der Waals surface area contributed by atoms with E-state index in [2.05, 4.69) is 4.98 Å². The molecule has 0 aliphatic carbocycles. The number of nitrogens with one attached hydrogen (secondary N) is 1. The Kier molecular flexibility index (Phi) is 5.94. The van der Waals surface area contributed by atoms with Gasteiger partial charge in [0.1, 0.15) is 0 Å². The first-order valence-corrected chi connectivity index (χ1v) is 8.59. The van der Waals surface area contributed by atoms with Crippen LogP contribution in [0.2, 0.25) is 0 Å². The monoisotopic (exact) mass is 399 g/mol. The van der Waals surface area contributed by atoms with Crippen molar-refractivity contribution in [2.24, 2.45) is 5.73 Å². The lowest BCUT2D eigenvalue weighted by molar-refractivity contribution is -0.137. The summed E-state index contributed by atoms with van der Waals surface area (Å²) in [5.74, 6) is -1.50. The standard InChI is InChI=1S/C18H20F3N3O2S/c1-9(17(22)26)15-11(5-7-14(25)24(2)3)16(27)12-8-10(18(19,20)21)4-6-13(12)23-15/h4,6,8-9H,5,7H2,1-3H3,(H2,22,26)(H,23,27). The lowest BCUT2D eigenvalue weighted by Crippen LogP contribution is -2.24. The summed E-state index contributed by atoms with van der Waals surface area (Å²) < 4.78 is 39.3. The smallest absolute Gasteiger partial charge is 0.369 e. The third-order valence-corrected chi connectivity index (χ3v) is 4.87. The van der Waals surface area contributed by atoms with Gasteiger partial charge >= 0.3 is 6.18 Å². The summed E-state index contributed by atoms with van der Waals surface area (Å²) in [6, 6.07) is 3.20. The van der Waals surface area contributed by atoms with E-state index in [1.54, 1.807) is 21.0 Å². The van der Waals surface area contributed by atoms with Crippen molar-refractivity contribution in [1.29, 1.82) is 0 Å². The van der Waals surface area contributed by atoms with Gasteiger partial charge in [-0.15, -0.1) is 0 Å². The van der Waals surface area contributed by atoms with Crippen molar-refractivity contribution in [3.05, 3.63) is 39.5 Å². The van der Waals surface area contributed by atoms with Crippen LogP contribution in [0.5, 0.6) is 0 Å². The molecule has 2 aromatic rings. The molecule has 0 bridgehead atoms. The number of nitrogens with zero attached hydrogens (tertiary/aromatic N) is 1. The minimum Gasteiger partial charge on any atom is -0.369 e. The van der Waals surface area contributed by atoms with E-state index in [4.69, 9.17) is 18.0 Å². The molecule has 146 valence electrons. The van der Waals surface area contributed by atoms with E-state index >= 15 is 0 Å². The van der Waals surface area contributed by atoms with E-state index in [1.165, 1.54) is 11.0 Å². The second kappa shape index (κ2) is 7.67. The van der Waals surface area contributed by atoms with Crippen molar-refractivity contribution in [1.82, 2.24) is 9.88 Å². The number of pyridine rings is 1. The van der Waals surface area contributed by atoms with Crippen LogP contribution in [0.3, 0.4) is 0 Å². The molecule has 0 saturated carbocycles. The van der Waals surface area contributed by atoms with E-state index in [0.29, 0.717) is 16.8 Å². The van der Waals surface area contributed by atoms with Crippen molar-refractivity contribution < 1.29 is 22.8 Å². The summed E-state index contributed by atoms with van der Waals surface area (Å²) in [4.78, 5) is 28.0. The highest BCUT2D eigenvalue weighted by atomic mass is 32.1. The quantitative estimate of drug-likeness (QED) is 0.755. The van der Waals surface area contributed by atoms with Crippen LogP contribution >= 0.6 is 12.2 Å². The van der Waals surface area contributed by atoms with Crippen LogP contribution in [0.25, 0.3) is 10.9 Å². The van der Waals surface area contributed by atoms with Gasteiger partial charge in [-0.1, -0.05) is 12.2 Å². The second-order valence-electron chi connectivity index (χ2n) is 6.52.